The Morgan fingerprint density at radius 2 is 1.12 bits per heavy atom. The fourth-order valence-corrected chi connectivity index (χ4v) is 5.94. The van der Waals surface area contributed by atoms with Crippen molar-refractivity contribution in [3.8, 4) is 0 Å². The van der Waals surface area contributed by atoms with Gasteiger partial charge in [0.1, 0.15) is 6.61 Å². The van der Waals surface area contributed by atoms with Gasteiger partial charge in [-0.25, -0.2) is 4.57 Å². The van der Waals surface area contributed by atoms with Crippen molar-refractivity contribution < 1.29 is 37.6 Å². The highest BCUT2D eigenvalue weighted by atomic mass is 31.2. The van der Waals surface area contributed by atoms with E-state index in [-0.39, 0.29) is 32.6 Å². The first-order valence-corrected chi connectivity index (χ1v) is 21.0. The highest BCUT2D eigenvalue weighted by molar-refractivity contribution is 7.47. The molecule has 0 aliphatic heterocycles. The number of rotatable bonds is 36. The Morgan fingerprint density at radius 3 is 1.67 bits per heavy atom. The second kappa shape index (κ2) is 36.0. The number of hydrogen-bond donors (Lipinski definition) is 2. The SMILES string of the molecule is CC/C=C/C/C=C/C/C=C/CCCCCCCC(=O)OC[C@H](COP(=O)(O)OCCN)OC(=O)CCCCCCCCCCCCCCC. The monoisotopic (exact) mass is 713 g/mol. The third-order valence-corrected chi connectivity index (χ3v) is 9.02. The van der Waals surface area contributed by atoms with Crippen molar-refractivity contribution in [2.45, 2.75) is 174 Å². The molecule has 0 radical (unpaired) electrons. The lowest BCUT2D eigenvalue weighted by Crippen LogP contribution is -2.29. The summed E-state index contributed by atoms with van der Waals surface area (Å²) in [6.45, 7) is 3.59. The van der Waals surface area contributed by atoms with Crippen LogP contribution < -0.4 is 5.73 Å². The van der Waals surface area contributed by atoms with Crippen LogP contribution >= 0.6 is 7.82 Å². The van der Waals surface area contributed by atoms with Crippen LogP contribution in [0, 0.1) is 0 Å². The molecule has 0 aromatic carbocycles. The van der Waals surface area contributed by atoms with E-state index in [2.05, 4.69) is 50.3 Å². The van der Waals surface area contributed by atoms with E-state index in [1.54, 1.807) is 0 Å². The van der Waals surface area contributed by atoms with Gasteiger partial charge in [-0.15, -0.1) is 0 Å². The number of esters is 2. The Balaban J connectivity index is 4.23. The zero-order chi connectivity index (χ0) is 36.1. The highest BCUT2D eigenvalue weighted by Gasteiger charge is 2.25. The summed E-state index contributed by atoms with van der Waals surface area (Å²) in [7, 11) is -4.37. The van der Waals surface area contributed by atoms with Crippen LogP contribution in [0.5, 0.6) is 0 Å². The topological polar surface area (TPSA) is 134 Å². The van der Waals surface area contributed by atoms with Gasteiger partial charge in [0.25, 0.3) is 0 Å². The molecule has 0 spiro atoms. The summed E-state index contributed by atoms with van der Waals surface area (Å²) in [5, 5.41) is 0. The Kier molecular flexibility index (Phi) is 34.7. The first kappa shape index (κ1) is 47.2. The maximum Gasteiger partial charge on any atom is 0.472 e. The molecule has 286 valence electrons. The summed E-state index contributed by atoms with van der Waals surface area (Å²) < 4.78 is 32.6. The van der Waals surface area contributed by atoms with E-state index >= 15 is 0 Å². The maximum absolute atomic E-state index is 12.5. The van der Waals surface area contributed by atoms with Gasteiger partial charge in [0.15, 0.2) is 6.10 Å². The largest absolute Gasteiger partial charge is 0.472 e. The Hall–Kier alpha value is -1.77. The first-order chi connectivity index (χ1) is 23.8. The van der Waals surface area contributed by atoms with Crippen LogP contribution in [0.2, 0.25) is 0 Å². The molecule has 0 bridgehead atoms. The molecule has 3 N–H and O–H groups in total. The van der Waals surface area contributed by atoms with Gasteiger partial charge in [-0.2, -0.15) is 0 Å². The van der Waals surface area contributed by atoms with Crippen molar-refractivity contribution in [2.24, 2.45) is 5.73 Å². The quantitative estimate of drug-likeness (QED) is 0.0281. The van der Waals surface area contributed by atoms with E-state index in [1.165, 1.54) is 64.2 Å². The minimum Gasteiger partial charge on any atom is -0.462 e. The number of carbonyl (C=O) groups excluding carboxylic acids is 2. The second-order valence-corrected chi connectivity index (χ2v) is 14.2. The molecule has 0 rings (SSSR count). The van der Waals surface area contributed by atoms with Gasteiger partial charge < -0.3 is 20.1 Å². The van der Waals surface area contributed by atoms with Crippen LogP contribution in [0.4, 0.5) is 0 Å². The minimum absolute atomic E-state index is 0.0511. The van der Waals surface area contributed by atoms with Gasteiger partial charge in [-0.1, -0.05) is 147 Å². The number of phosphoric acid groups is 1. The zero-order valence-corrected chi connectivity index (χ0v) is 32.1. The molecule has 0 aliphatic carbocycles. The molecule has 0 amide bonds. The van der Waals surface area contributed by atoms with Crippen LogP contribution in [0.1, 0.15) is 168 Å². The number of ether oxygens (including phenoxy) is 2. The number of unbranched alkanes of at least 4 members (excludes halogenated alkanes) is 17. The van der Waals surface area contributed by atoms with Gasteiger partial charge in [0, 0.05) is 19.4 Å². The van der Waals surface area contributed by atoms with Crippen LogP contribution in [0.3, 0.4) is 0 Å². The molecule has 0 saturated heterocycles. The molecule has 0 heterocycles. The lowest BCUT2D eigenvalue weighted by molar-refractivity contribution is -0.161. The molecule has 2 atom stereocenters. The summed E-state index contributed by atoms with van der Waals surface area (Å²) in [4.78, 5) is 34.7. The van der Waals surface area contributed by atoms with Crippen LogP contribution in [0.25, 0.3) is 0 Å². The zero-order valence-electron chi connectivity index (χ0n) is 31.2. The third-order valence-electron chi connectivity index (χ3n) is 8.04. The average molecular weight is 714 g/mol. The van der Waals surface area contributed by atoms with E-state index in [4.69, 9.17) is 24.3 Å². The standard InChI is InChI=1S/C39H72NO8P/c1-3-5-7-9-11-13-15-17-18-20-21-23-25-27-29-31-38(41)45-35-37(36-47-49(43,44)46-34-33-40)48-39(42)32-30-28-26-24-22-19-16-14-12-10-8-6-4-2/h5,7,11,13,17-18,37H,3-4,6,8-10,12,14-16,19-36,40H2,1-2H3,(H,43,44)/b7-5+,13-11+,18-17+/t37-/m1/s1. The van der Waals surface area contributed by atoms with Crippen molar-refractivity contribution in [2.75, 3.05) is 26.4 Å². The lowest BCUT2D eigenvalue weighted by atomic mass is 10.0. The minimum atomic E-state index is -4.37. The number of carbonyl (C=O) groups is 2. The maximum atomic E-state index is 12.5. The summed E-state index contributed by atoms with van der Waals surface area (Å²) >= 11 is 0. The highest BCUT2D eigenvalue weighted by Crippen LogP contribution is 2.43. The van der Waals surface area contributed by atoms with Crippen molar-refractivity contribution in [3.05, 3.63) is 36.5 Å². The Bertz CT molecular complexity index is 907. The summed E-state index contributed by atoms with van der Waals surface area (Å²) in [6, 6.07) is 0. The van der Waals surface area contributed by atoms with E-state index in [9.17, 15) is 19.0 Å². The van der Waals surface area contributed by atoms with E-state index in [1.807, 2.05) is 0 Å². The van der Waals surface area contributed by atoms with Crippen molar-refractivity contribution in [1.82, 2.24) is 0 Å². The summed E-state index contributed by atoms with van der Waals surface area (Å²) in [6.07, 6.45) is 37.4. The van der Waals surface area contributed by atoms with Crippen LogP contribution in [-0.4, -0.2) is 49.3 Å². The molecule has 1 unspecified atom stereocenters. The molecular weight excluding hydrogens is 641 g/mol. The van der Waals surface area contributed by atoms with Crippen molar-refractivity contribution in [3.63, 3.8) is 0 Å². The van der Waals surface area contributed by atoms with Gasteiger partial charge in [-0.05, 0) is 44.9 Å². The van der Waals surface area contributed by atoms with Gasteiger partial charge in [0.2, 0.25) is 0 Å². The molecular formula is C39H72NO8P. The Morgan fingerprint density at radius 1 is 0.633 bits per heavy atom. The number of allylic oxidation sites excluding steroid dienone is 6. The Labute approximate surface area is 299 Å². The number of phosphoric ester groups is 1. The van der Waals surface area contributed by atoms with Crippen LogP contribution in [0.15, 0.2) is 36.5 Å². The number of hydrogen-bond acceptors (Lipinski definition) is 8. The molecule has 0 aromatic heterocycles. The molecule has 9 nitrogen and oxygen atoms in total. The van der Waals surface area contributed by atoms with Crippen molar-refractivity contribution in [1.29, 1.82) is 0 Å². The molecule has 0 saturated carbocycles. The van der Waals surface area contributed by atoms with E-state index in [0.29, 0.717) is 12.8 Å². The van der Waals surface area contributed by atoms with E-state index in [0.717, 1.165) is 64.2 Å². The van der Waals surface area contributed by atoms with Gasteiger partial charge in [0.05, 0.1) is 13.2 Å². The van der Waals surface area contributed by atoms with Gasteiger partial charge >= 0.3 is 19.8 Å². The third kappa shape index (κ3) is 35.8. The molecule has 0 aliphatic rings. The predicted molar refractivity (Wildman–Crippen MR) is 201 cm³/mol. The molecule has 0 aromatic rings. The second-order valence-electron chi connectivity index (χ2n) is 12.8. The number of nitrogens with two attached hydrogens (primary N) is 1. The van der Waals surface area contributed by atoms with E-state index < -0.39 is 32.5 Å². The molecule has 10 heteroatoms. The first-order valence-electron chi connectivity index (χ1n) is 19.5. The molecule has 0 fully saturated rings. The summed E-state index contributed by atoms with van der Waals surface area (Å²) in [5.74, 6) is -0.847. The lowest BCUT2D eigenvalue weighted by Gasteiger charge is -2.19. The van der Waals surface area contributed by atoms with Crippen LogP contribution in [-0.2, 0) is 32.7 Å². The fraction of sp³-hybridized carbons (Fsp3) is 0.795. The average Bonchev–Trinajstić information content (AvgIpc) is 3.08. The predicted octanol–water partition coefficient (Wildman–Crippen LogP) is 10.6. The fourth-order valence-electron chi connectivity index (χ4n) is 5.18. The molecule has 49 heavy (non-hydrogen) atoms. The summed E-state index contributed by atoms with van der Waals surface area (Å²) in [5.41, 5.74) is 5.33. The van der Waals surface area contributed by atoms with Gasteiger partial charge in [-0.3, -0.25) is 18.6 Å². The normalized spacial score (nSPS) is 13.8. The van der Waals surface area contributed by atoms with Crippen molar-refractivity contribution >= 4 is 19.8 Å². The smallest absolute Gasteiger partial charge is 0.462 e.